The Bertz CT molecular complexity index is 433. The fourth-order valence-corrected chi connectivity index (χ4v) is 1.90. The minimum absolute atomic E-state index is 0. The van der Waals surface area contributed by atoms with E-state index in [1.807, 2.05) is 25.1 Å². The first kappa shape index (κ1) is 19.0. The van der Waals surface area contributed by atoms with E-state index in [0.29, 0.717) is 0 Å². The van der Waals surface area contributed by atoms with Crippen molar-refractivity contribution in [1.29, 1.82) is 0 Å². The molecule has 0 aliphatic rings. The molecule has 0 saturated carbocycles. The van der Waals surface area contributed by atoms with Crippen molar-refractivity contribution in [3.63, 3.8) is 0 Å². The Balaban J connectivity index is 0.00000361. The van der Waals surface area contributed by atoms with Gasteiger partial charge in [0.05, 0.1) is 7.11 Å². The van der Waals surface area contributed by atoms with Crippen LogP contribution in [0.1, 0.15) is 18.1 Å². The number of nitrogens with one attached hydrogen (secondary N) is 1. The molecule has 0 atom stereocenters. The molecule has 20 heavy (non-hydrogen) atoms. The van der Waals surface area contributed by atoms with E-state index in [9.17, 15) is 0 Å². The van der Waals surface area contributed by atoms with Crippen LogP contribution in [0.25, 0.3) is 0 Å². The van der Waals surface area contributed by atoms with Crippen LogP contribution in [0.5, 0.6) is 5.75 Å². The van der Waals surface area contributed by atoms with Gasteiger partial charge in [-0.2, -0.15) is 0 Å². The zero-order chi connectivity index (χ0) is 14.3. The van der Waals surface area contributed by atoms with Gasteiger partial charge >= 0.3 is 0 Å². The molecular weight excluding hydrogens is 365 g/mol. The summed E-state index contributed by atoms with van der Waals surface area (Å²) in [5.74, 6) is 1.87. The van der Waals surface area contributed by atoms with Crippen LogP contribution in [-0.4, -0.2) is 45.2 Å². The van der Waals surface area contributed by atoms with Crippen LogP contribution in [0.15, 0.2) is 23.2 Å². The van der Waals surface area contributed by atoms with Crippen LogP contribution in [0.3, 0.4) is 0 Å². The van der Waals surface area contributed by atoms with E-state index in [2.05, 4.69) is 36.3 Å². The van der Waals surface area contributed by atoms with Gasteiger partial charge < -0.3 is 15.0 Å². The van der Waals surface area contributed by atoms with E-state index in [0.717, 1.165) is 31.2 Å². The van der Waals surface area contributed by atoms with Crippen molar-refractivity contribution in [3.05, 3.63) is 29.3 Å². The lowest BCUT2D eigenvalue weighted by Gasteiger charge is -2.16. The molecule has 0 aliphatic heterocycles. The maximum absolute atomic E-state index is 5.38. The fourth-order valence-electron chi connectivity index (χ4n) is 1.90. The molecule has 1 N–H and O–H groups in total. The Morgan fingerprint density at radius 3 is 2.60 bits per heavy atom. The largest absolute Gasteiger partial charge is 0.496 e. The van der Waals surface area contributed by atoms with Gasteiger partial charge in [0.2, 0.25) is 0 Å². The van der Waals surface area contributed by atoms with Crippen molar-refractivity contribution in [2.45, 2.75) is 20.3 Å². The van der Waals surface area contributed by atoms with E-state index in [1.54, 1.807) is 7.11 Å². The molecule has 0 radical (unpaired) electrons. The summed E-state index contributed by atoms with van der Waals surface area (Å²) in [4.78, 5) is 6.59. The van der Waals surface area contributed by atoms with Crippen LogP contribution in [0.2, 0.25) is 0 Å². The predicted octanol–water partition coefficient (Wildman–Crippen LogP) is 2.69. The lowest BCUT2D eigenvalue weighted by atomic mass is 10.1. The summed E-state index contributed by atoms with van der Waals surface area (Å²) in [5.41, 5.74) is 2.46. The number of hydrogen-bond donors (Lipinski definition) is 1. The van der Waals surface area contributed by atoms with E-state index in [-0.39, 0.29) is 24.0 Å². The second-order valence-electron chi connectivity index (χ2n) is 4.70. The first-order valence-corrected chi connectivity index (χ1v) is 6.67. The Morgan fingerprint density at radius 1 is 1.35 bits per heavy atom. The van der Waals surface area contributed by atoms with Crippen molar-refractivity contribution in [3.8, 4) is 5.75 Å². The highest BCUT2D eigenvalue weighted by molar-refractivity contribution is 14.0. The van der Waals surface area contributed by atoms with Crippen LogP contribution < -0.4 is 10.1 Å². The van der Waals surface area contributed by atoms with E-state index >= 15 is 0 Å². The molecule has 0 aromatic heterocycles. The van der Waals surface area contributed by atoms with Gasteiger partial charge in [0.15, 0.2) is 5.96 Å². The van der Waals surface area contributed by atoms with Crippen molar-refractivity contribution in [1.82, 2.24) is 10.2 Å². The smallest absolute Gasteiger partial charge is 0.193 e. The van der Waals surface area contributed by atoms with E-state index in [1.165, 1.54) is 11.1 Å². The van der Waals surface area contributed by atoms with Crippen molar-refractivity contribution in [2.75, 3.05) is 34.3 Å². The third-order valence-corrected chi connectivity index (χ3v) is 2.84. The minimum atomic E-state index is 0. The number of rotatable bonds is 5. The summed E-state index contributed by atoms with van der Waals surface area (Å²) in [6, 6.07) is 6.25. The Kier molecular flexibility index (Phi) is 9.37. The number of aryl methyl sites for hydroxylation is 1. The molecule has 1 rings (SSSR count). The summed E-state index contributed by atoms with van der Waals surface area (Å²) in [5, 5.41) is 3.25. The van der Waals surface area contributed by atoms with Crippen LogP contribution >= 0.6 is 24.0 Å². The van der Waals surface area contributed by atoms with Crippen molar-refractivity contribution >= 4 is 29.9 Å². The van der Waals surface area contributed by atoms with E-state index < -0.39 is 0 Å². The van der Waals surface area contributed by atoms with Gasteiger partial charge in [0.25, 0.3) is 0 Å². The Labute approximate surface area is 139 Å². The number of nitrogens with zero attached hydrogens (tertiary/aromatic N) is 2. The Hall–Kier alpha value is -0.980. The monoisotopic (exact) mass is 391 g/mol. The van der Waals surface area contributed by atoms with Gasteiger partial charge in [-0.05, 0) is 31.9 Å². The summed E-state index contributed by atoms with van der Waals surface area (Å²) in [6.07, 6.45) is 0.883. The fraction of sp³-hybridized carbons (Fsp3) is 0.533. The molecule has 0 unspecified atom stereocenters. The highest BCUT2D eigenvalue weighted by Crippen LogP contribution is 2.20. The van der Waals surface area contributed by atoms with Crippen LogP contribution in [0.4, 0.5) is 0 Å². The molecule has 4 nitrogen and oxygen atoms in total. The highest BCUT2D eigenvalue weighted by Gasteiger charge is 2.04. The number of methoxy groups -OCH3 is 1. The number of hydrogen-bond acceptors (Lipinski definition) is 2. The molecule has 0 bridgehead atoms. The van der Waals surface area contributed by atoms with Gasteiger partial charge in [-0.25, -0.2) is 0 Å². The third-order valence-electron chi connectivity index (χ3n) is 2.84. The number of ether oxygens (including phenoxy) is 1. The molecule has 0 amide bonds. The second kappa shape index (κ2) is 9.85. The zero-order valence-corrected chi connectivity index (χ0v) is 15.4. The summed E-state index contributed by atoms with van der Waals surface area (Å²) < 4.78 is 5.38. The topological polar surface area (TPSA) is 36.9 Å². The molecular formula is C15H26IN3O. The van der Waals surface area contributed by atoms with Gasteiger partial charge in [-0.15, -0.1) is 24.0 Å². The summed E-state index contributed by atoms with van der Waals surface area (Å²) in [6.45, 7) is 5.80. The SMILES string of the molecule is CCNC(=NCCc1cc(C)ccc1OC)N(C)C.I. The molecule has 1 aromatic rings. The molecule has 114 valence electrons. The molecule has 0 saturated heterocycles. The lowest BCUT2D eigenvalue weighted by Crippen LogP contribution is -2.36. The third kappa shape index (κ3) is 5.98. The lowest BCUT2D eigenvalue weighted by molar-refractivity contribution is 0.409. The van der Waals surface area contributed by atoms with Crippen LogP contribution in [0, 0.1) is 6.92 Å². The predicted molar refractivity (Wildman–Crippen MR) is 96.5 cm³/mol. The number of halogens is 1. The Morgan fingerprint density at radius 2 is 2.05 bits per heavy atom. The first-order chi connectivity index (χ1) is 9.08. The normalized spacial score (nSPS) is 10.8. The molecule has 5 heteroatoms. The second-order valence-corrected chi connectivity index (χ2v) is 4.70. The molecule has 0 heterocycles. The molecule has 0 aliphatic carbocycles. The average molecular weight is 391 g/mol. The van der Waals surface area contributed by atoms with Gasteiger partial charge in [0, 0.05) is 27.2 Å². The molecule has 0 spiro atoms. The molecule has 0 fully saturated rings. The average Bonchev–Trinajstić information content (AvgIpc) is 2.38. The first-order valence-electron chi connectivity index (χ1n) is 6.67. The van der Waals surface area contributed by atoms with Crippen molar-refractivity contribution < 1.29 is 4.74 Å². The van der Waals surface area contributed by atoms with Gasteiger partial charge in [-0.1, -0.05) is 17.7 Å². The molecule has 1 aromatic carbocycles. The maximum atomic E-state index is 5.38. The van der Waals surface area contributed by atoms with Gasteiger partial charge in [-0.3, -0.25) is 4.99 Å². The standard InChI is InChI=1S/C15H25N3O.HI/c1-6-16-15(18(3)4)17-10-9-13-11-12(2)7-8-14(13)19-5;/h7-8,11H,6,9-10H2,1-5H3,(H,16,17);1H. The van der Waals surface area contributed by atoms with Crippen molar-refractivity contribution in [2.24, 2.45) is 4.99 Å². The summed E-state index contributed by atoms with van der Waals surface area (Å²) >= 11 is 0. The number of aliphatic imine (C=N–C) groups is 1. The van der Waals surface area contributed by atoms with E-state index in [4.69, 9.17) is 4.74 Å². The quantitative estimate of drug-likeness (QED) is 0.477. The minimum Gasteiger partial charge on any atom is -0.496 e. The number of benzene rings is 1. The maximum Gasteiger partial charge on any atom is 0.193 e. The summed E-state index contributed by atoms with van der Waals surface area (Å²) in [7, 11) is 5.70. The highest BCUT2D eigenvalue weighted by atomic mass is 127. The zero-order valence-electron chi connectivity index (χ0n) is 13.1. The van der Waals surface area contributed by atoms with Crippen LogP contribution in [-0.2, 0) is 6.42 Å². The number of guanidine groups is 1. The van der Waals surface area contributed by atoms with Gasteiger partial charge in [0.1, 0.15) is 5.75 Å².